The normalized spacial score (nSPS) is 40.7. The highest BCUT2D eigenvalue weighted by atomic mass is 16.7. The predicted octanol–water partition coefficient (Wildman–Crippen LogP) is 5.01. The number of ketones is 2. The number of carbonyl (C=O) groups is 4. The van der Waals surface area contributed by atoms with E-state index in [0.717, 1.165) is 5.57 Å². The highest BCUT2D eigenvalue weighted by Crippen LogP contribution is 2.38. The van der Waals surface area contributed by atoms with E-state index in [4.69, 9.17) is 18.9 Å². The zero-order valence-corrected chi connectivity index (χ0v) is 34.1. The average Bonchev–Trinajstić information content (AvgIpc) is 3.16. The number of carbonyl (C=O) groups excluding carboxylic acids is 4. The zero-order valence-electron chi connectivity index (χ0n) is 34.1. The van der Waals surface area contributed by atoms with Crippen LogP contribution < -0.4 is 0 Å². The van der Waals surface area contributed by atoms with Gasteiger partial charge in [0.25, 0.3) is 11.7 Å². The highest BCUT2D eigenvalue weighted by Gasteiger charge is 2.54. The number of fused-ring (bicyclic) bond motifs is 3. The van der Waals surface area contributed by atoms with Gasteiger partial charge in [0.2, 0.25) is 5.79 Å². The second-order valence-electron chi connectivity index (χ2n) is 16.9. The van der Waals surface area contributed by atoms with Gasteiger partial charge in [0.15, 0.2) is 0 Å². The van der Waals surface area contributed by atoms with Crippen LogP contribution in [0.2, 0.25) is 0 Å². The molecule has 0 aromatic carbocycles. The number of esters is 1. The molecule has 55 heavy (non-hydrogen) atoms. The van der Waals surface area contributed by atoms with Crippen molar-refractivity contribution in [1.29, 1.82) is 0 Å². The third-order valence-electron chi connectivity index (χ3n) is 12.6. The molecule has 0 radical (unpaired) electrons. The number of methoxy groups -OCH3 is 2. The topological polar surface area (TPSA) is 169 Å². The van der Waals surface area contributed by atoms with Gasteiger partial charge in [-0.1, -0.05) is 44.6 Å². The number of rotatable bonds is 6. The first-order valence-electron chi connectivity index (χ1n) is 20.4. The van der Waals surface area contributed by atoms with Crippen LogP contribution >= 0.6 is 0 Å². The summed E-state index contributed by atoms with van der Waals surface area (Å²) in [6.45, 7) is 13.3. The van der Waals surface area contributed by atoms with Gasteiger partial charge in [-0.05, 0) is 102 Å². The third kappa shape index (κ3) is 11.0. The van der Waals surface area contributed by atoms with Crippen LogP contribution in [0.5, 0.6) is 0 Å². The summed E-state index contributed by atoms with van der Waals surface area (Å²) >= 11 is 0. The molecule has 0 aromatic heterocycles. The first-order valence-corrected chi connectivity index (χ1v) is 20.4. The van der Waals surface area contributed by atoms with Crippen LogP contribution in [0.1, 0.15) is 112 Å². The summed E-state index contributed by atoms with van der Waals surface area (Å²) in [4.78, 5) is 57.4. The lowest BCUT2D eigenvalue weighted by atomic mass is 9.81. The summed E-state index contributed by atoms with van der Waals surface area (Å²) < 4.78 is 23.8. The second-order valence-corrected chi connectivity index (χ2v) is 16.9. The summed E-state index contributed by atoms with van der Waals surface area (Å²) in [6, 6.07) is -1.11. The van der Waals surface area contributed by atoms with Crippen LogP contribution in [0.3, 0.4) is 0 Å². The largest absolute Gasteiger partial charge is 0.456 e. The number of piperidine rings is 1. The molecule has 310 valence electrons. The van der Waals surface area contributed by atoms with Crippen molar-refractivity contribution < 1.29 is 53.4 Å². The van der Waals surface area contributed by atoms with Crippen LogP contribution in [0.15, 0.2) is 36.0 Å². The molecule has 4 aliphatic rings. The molecule has 12 nitrogen and oxygen atoms in total. The Morgan fingerprint density at radius 3 is 2.35 bits per heavy atom. The number of hydrogen-bond donors (Lipinski definition) is 3. The van der Waals surface area contributed by atoms with E-state index >= 15 is 0 Å². The lowest BCUT2D eigenvalue weighted by Gasteiger charge is -2.44. The van der Waals surface area contributed by atoms with E-state index in [1.54, 1.807) is 34.1 Å². The quantitative estimate of drug-likeness (QED) is 0.188. The SMILES string of the molecule is C=CC[C@@H]1/C=C(\C)C[C@H](C)C[C@H](OC)[C@@H]2CC[C@@H](C)[C@@](O)(O2)C(=O)C(=O)N2CCCC[C@H]2C(=O)O[C@H](/C(C)=C/[C@@H]2CC[C@@H](O)[C@H](OC)C2)[C@H](C)[C@@H](O)CC1=O. The average molecular weight is 774 g/mol. The Bertz CT molecular complexity index is 1430. The molecule has 3 N–H and O–H groups in total. The number of aliphatic hydroxyl groups excluding tert-OH is 2. The number of hydrogen-bond acceptors (Lipinski definition) is 11. The van der Waals surface area contributed by atoms with Crippen molar-refractivity contribution >= 4 is 23.4 Å². The molecule has 2 bridgehead atoms. The molecule has 2 saturated heterocycles. The molecular weight excluding hydrogens is 706 g/mol. The van der Waals surface area contributed by atoms with E-state index in [1.807, 2.05) is 26.0 Å². The van der Waals surface area contributed by atoms with Crippen LogP contribution in [0.25, 0.3) is 0 Å². The van der Waals surface area contributed by atoms with Crippen molar-refractivity contribution in [3.05, 3.63) is 36.0 Å². The molecule has 1 amide bonds. The van der Waals surface area contributed by atoms with Gasteiger partial charge in [-0.3, -0.25) is 14.4 Å². The Labute approximate surface area is 327 Å². The van der Waals surface area contributed by atoms with E-state index in [-0.39, 0.29) is 43.1 Å². The first kappa shape index (κ1) is 45.0. The van der Waals surface area contributed by atoms with E-state index in [1.165, 1.54) is 4.90 Å². The maximum Gasteiger partial charge on any atom is 0.329 e. The van der Waals surface area contributed by atoms with Crippen LogP contribution in [0.4, 0.5) is 0 Å². The Morgan fingerprint density at radius 1 is 0.964 bits per heavy atom. The number of allylic oxidation sites excluding steroid dienone is 4. The molecule has 12 heteroatoms. The monoisotopic (exact) mass is 773 g/mol. The second kappa shape index (κ2) is 20.1. The summed E-state index contributed by atoms with van der Waals surface area (Å²) in [5.74, 6) is -7.27. The minimum Gasteiger partial charge on any atom is -0.456 e. The molecule has 0 spiro atoms. The molecule has 3 heterocycles. The summed E-state index contributed by atoms with van der Waals surface area (Å²) in [5.41, 5.74) is 1.65. The van der Waals surface area contributed by atoms with E-state index in [0.29, 0.717) is 69.8 Å². The number of aliphatic hydroxyl groups is 3. The van der Waals surface area contributed by atoms with Gasteiger partial charge in [0, 0.05) is 44.9 Å². The lowest BCUT2D eigenvalue weighted by Crippen LogP contribution is -2.61. The maximum atomic E-state index is 14.2. The third-order valence-corrected chi connectivity index (χ3v) is 12.6. The fourth-order valence-electron chi connectivity index (χ4n) is 9.15. The Hall–Kier alpha value is -2.74. The number of nitrogens with zero attached hydrogens (tertiary/aromatic N) is 1. The first-order chi connectivity index (χ1) is 26.0. The Morgan fingerprint density at radius 2 is 1.67 bits per heavy atom. The van der Waals surface area contributed by atoms with Crippen molar-refractivity contribution in [2.24, 2.45) is 29.6 Å². The number of ether oxygens (including phenoxy) is 4. The van der Waals surface area contributed by atoms with Gasteiger partial charge in [-0.25, -0.2) is 4.79 Å². The van der Waals surface area contributed by atoms with Gasteiger partial charge in [0.1, 0.15) is 17.9 Å². The van der Waals surface area contributed by atoms with Gasteiger partial charge < -0.3 is 39.2 Å². The van der Waals surface area contributed by atoms with Crippen LogP contribution in [-0.4, -0.2) is 113 Å². The molecule has 0 aromatic rings. The van der Waals surface area contributed by atoms with E-state index < -0.39 is 77.8 Å². The standard InChI is InChI=1S/C43H67NO11/c1-9-12-31-20-25(2)19-26(3)21-38(53-8)36-17-14-28(5)43(51,55-36)40(48)41(49)44-18-11-10-13-32(44)42(50)54-39(29(6)34(46)24-35(31)47)27(4)22-30-15-16-33(45)37(23-30)52-7/h9,20,22,26,28-34,36-39,45-46,51H,1,10-19,21,23-24H2,2-8H3/b25-20+,27-22+/t26-,28+,29+,30-,31+,32-,33+,34-,36-,37+,38-,39+,43+/m0/s1. The van der Waals surface area contributed by atoms with Gasteiger partial charge >= 0.3 is 5.97 Å². The molecule has 1 aliphatic carbocycles. The molecule has 0 unspecified atom stereocenters. The summed E-state index contributed by atoms with van der Waals surface area (Å²) in [6.07, 6.45) is 6.92. The Balaban J connectivity index is 1.75. The van der Waals surface area contributed by atoms with Crippen molar-refractivity contribution in [2.45, 2.75) is 160 Å². The van der Waals surface area contributed by atoms with Crippen molar-refractivity contribution in [3.63, 3.8) is 0 Å². The Kier molecular flexibility index (Phi) is 16.4. The molecule has 3 fully saturated rings. The minimum atomic E-state index is -2.41. The smallest absolute Gasteiger partial charge is 0.329 e. The van der Waals surface area contributed by atoms with Gasteiger partial charge in [0.05, 0.1) is 30.5 Å². The summed E-state index contributed by atoms with van der Waals surface area (Å²) in [7, 11) is 3.12. The molecule has 4 rings (SSSR count). The molecule has 13 atom stereocenters. The molecule has 1 saturated carbocycles. The minimum absolute atomic E-state index is 0.000723. The molecule has 3 aliphatic heterocycles. The van der Waals surface area contributed by atoms with Crippen molar-refractivity contribution in [1.82, 2.24) is 4.90 Å². The fraction of sp³-hybridized carbons (Fsp3) is 0.767. The summed E-state index contributed by atoms with van der Waals surface area (Å²) in [5, 5.41) is 33.9. The van der Waals surface area contributed by atoms with E-state index in [9.17, 15) is 34.5 Å². The van der Waals surface area contributed by atoms with Gasteiger partial charge in [-0.2, -0.15) is 0 Å². The molecular formula is C43H67NO11. The van der Waals surface area contributed by atoms with Crippen molar-refractivity contribution in [2.75, 3.05) is 20.8 Å². The van der Waals surface area contributed by atoms with Crippen LogP contribution in [-0.2, 0) is 38.1 Å². The lowest BCUT2D eigenvalue weighted by molar-refractivity contribution is -0.278. The van der Waals surface area contributed by atoms with E-state index in [2.05, 4.69) is 13.5 Å². The zero-order chi connectivity index (χ0) is 40.6. The number of cyclic esters (lactones) is 1. The maximum absolute atomic E-state index is 14.2. The number of Topliss-reactive ketones (excluding diaryl/α,β-unsaturated/α-hetero) is 2. The van der Waals surface area contributed by atoms with Gasteiger partial charge in [-0.15, -0.1) is 6.58 Å². The fourth-order valence-corrected chi connectivity index (χ4v) is 9.15. The van der Waals surface area contributed by atoms with Crippen molar-refractivity contribution in [3.8, 4) is 0 Å². The van der Waals surface area contributed by atoms with Crippen LogP contribution in [0, 0.1) is 29.6 Å². The predicted molar refractivity (Wildman–Crippen MR) is 206 cm³/mol. The highest BCUT2D eigenvalue weighted by molar-refractivity contribution is 6.39. The number of amides is 1.